The van der Waals surface area contributed by atoms with Gasteiger partial charge in [-0.05, 0) is 102 Å². The number of carboxylic acids is 1. The number of nitrogens with one attached hydrogen (secondary N) is 3. The SMILES string of the molecule is COc1ccccc1-c1nccc(COc2ccccc2C[C@@H](Oc2ncnc3sc(-c4ccc(F)cc4)c(-c4ccc(OCCN5CCN(C(=O)OCc6ccc(NC(=O)[C@H](C)NC(=O)[C@@H](NC(=O)COCCOCCOCCN=[N+]=[N-])C(C)C)cc6S(=O)O)CC5)c(Cl)c4C)c23)C(=O)O)n1. The number of carboxylic acid groups (broad SMARTS) is 1. The number of piperazine rings is 1. The molecule has 0 saturated carbocycles. The van der Waals surface area contributed by atoms with Gasteiger partial charge in [0.25, 0.3) is 0 Å². The van der Waals surface area contributed by atoms with Crippen molar-refractivity contribution < 1.29 is 80.1 Å². The number of carbonyl (C=O) groups excluding carboxylic acids is 4. The van der Waals surface area contributed by atoms with Gasteiger partial charge in [0.1, 0.15) is 72.7 Å². The number of nitrogens with zero attached hydrogens (tertiary/aromatic N) is 9. The van der Waals surface area contributed by atoms with Crippen LogP contribution in [0, 0.1) is 18.7 Å². The normalized spacial score (nSPS) is 13.5. The average Bonchev–Trinajstić information content (AvgIpc) is 1.52. The molecule has 4 atom stereocenters. The summed E-state index contributed by atoms with van der Waals surface area (Å²) in [6, 6.07) is 27.8. The average molecular weight is 1460 g/mol. The number of hydrogen-bond acceptors (Lipinski definition) is 21. The van der Waals surface area contributed by atoms with E-state index in [-0.39, 0.29) is 100 Å². The molecule has 4 amide bonds. The number of azide groups is 1. The number of methoxy groups -OCH3 is 1. The first-order chi connectivity index (χ1) is 49.3. The van der Waals surface area contributed by atoms with Crippen molar-refractivity contribution in [2.24, 2.45) is 11.0 Å². The number of ether oxygens (including phenoxy) is 8. The molecule has 28 nitrogen and oxygen atoms in total. The first kappa shape index (κ1) is 76.2. The van der Waals surface area contributed by atoms with Gasteiger partial charge in [-0.25, -0.2) is 38.1 Å². The molecule has 102 heavy (non-hydrogen) atoms. The molecule has 0 aliphatic carbocycles. The largest absolute Gasteiger partial charge is 0.496 e. The molecule has 0 radical (unpaired) electrons. The van der Waals surface area contributed by atoms with Gasteiger partial charge in [0.15, 0.2) is 16.9 Å². The van der Waals surface area contributed by atoms with E-state index in [1.54, 1.807) is 75.7 Å². The van der Waals surface area contributed by atoms with Gasteiger partial charge in [-0.2, -0.15) is 0 Å². The quantitative estimate of drug-likeness (QED) is 0.00801. The molecule has 0 bridgehead atoms. The summed E-state index contributed by atoms with van der Waals surface area (Å²) in [5.41, 5.74) is 12.9. The fourth-order valence-electron chi connectivity index (χ4n) is 10.7. The second kappa shape index (κ2) is 37.6. The second-order valence-corrected chi connectivity index (χ2v) is 25.7. The molecule has 9 rings (SSSR count). The van der Waals surface area contributed by atoms with Crippen LogP contribution in [0.5, 0.6) is 23.1 Å². The maximum Gasteiger partial charge on any atom is 0.410 e. The van der Waals surface area contributed by atoms with Crippen molar-refractivity contribution in [3.05, 3.63) is 165 Å². The van der Waals surface area contributed by atoms with E-state index in [1.165, 1.54) is 59.8 Å². The van der Waals surface area contributed by atoms with Crippen LogP contribution in [0.1, 0.15) is 43.2 Å². The monoisotopic (exact) mass is 1460 g/mol. The lowest BCUT2D eigenvalue weighted by atomic mass is 9.96. The Morgan fingerprint density at radius 3 is 2.25 bits per heavy atom. The number of amides is 4. The zero-order valence-corrected chi connectivity index (χ0v) is 58.8. The van der Waals surface area contributed by atoms with Crippen molar-refractivity contribution in [2.45, 2.75) is 70.4 Å². The smallest absolute Gasteiger partial charge is 0.410 e. The van der Waals surface area contributed by atoms with Crippen LogP contribution in [0.4, 0.5) is 14.9 Å². The lowest BCUT2D eigenvalue weighted by molar-refractivity contribution is -0.145. The topological polar surface area (TPSA) is 360 Å². The minimum absolute atomic E-state index is 0.00662. The molecule has 1 saturated heterocycles. The van der Waals surface area contributed by atoms with Crippen molar-refractivity contribution in [3.63, 3.8) is 0 Å². The Morgan fingerprint density at radius 1 is 0.794 bits per heavy atom. The first-order valence-corrected chi connectivity index (χ1v) is 34.6. The third kappa shape index (κ3) is 20.9. The molecule has 1 fully saturated rings. The number of fused-ring (bicyclic) bond motifs is 1. The van der Waals surface area contributed by atoms with Crippen molar-refractivity contribution in [2.75, 3.05) is 97.9 Å². The summed E-state index contributed by atoms with van der Waals surface area (Å²) in [4.78, 5) is 91.3. The fraction of sp³-hybridized carbons (Fsp3) is 0.357. The molecule has 5 aromatic carbocycles. The fourth-order valence-corrected chi connectivity index (χ4v) is 12.7. The molecule has 5 N–H and O–H groups in total. The van der Waals surface area contributed by atoms with Gasteiger partial charge < -0.3 is 68.4 Å². The molecule has 1 aliphatic heterocycles. The van der Waals surface area contributed by atoms with E-state index >= 15 is 0 Å². The highest BCUT2D eigenvalue weighted by Crippen LogP contribution is 2.50. The van der Waals surface area contributed by atoms with Crippen molar-refractivity contribution >= 4 is 79.7 Å². The van der Waals surface area contributed by atoms with Gasteiger partial charge >= 0.3 is 12.1 Å². The molecule has 538 valence electrons. The van der Waals surface area contributed by atoms with Crippen LogP contribution in [-0.2, 0) is 68.8 Å². The lowest BCUT2D eigenvalue weighted by Crippen LogP contribution is -2.54. The van der Waals surface area contributed by atoms with E-state index in [0.717, 1.165) is 0 Å². The number of para-hydroxylation sites is 2. The zero-order chi connectivity index (χ0) is 72.7. The maximum absolute atomic E-state index is 14.5. The predicted octanol–water partition coefficient (Wildman–Crippen LogP) is 10.1. The molecule has 8 aromatic rings. The van der Waals surface area contributed by atoms with Crippen molar-refractivity contribution in [1.82, 2.24) is 40.4 Å². The zero-order valence-electron chi connectivity index (χ0n) is 56.4. The Balaban J connectivity index is 0.768. The molecule has 32 heteroatoms. The minimum Gasteiger partial charge on any atom is -0.496 e. The predicted molar refractivity (Wildman–Crippen MR) is 377 cm³/mol. The number of rotatable bonds is 36. The number of carbonyl (C=O) groups is 5. The van der Waals surface area contributed by atoms with Gasteiger partial charge in [0.05, 0.1) is 66.7 Å². The molecule has 1 unspecified atom stereocenters. The molecule has 1 aliphatic rings. The Morgan fingerprint density at radius 2 is 1.52 bits per heavy atom. The van der Waals surface area contributed by atoms with Crippen LogP contribution in [0.15, 0.2) is 132 Å². The third-order valence-electron chi connectivity index (χ3n) is 16.1. The molecular formula is C70H76ClFN12O16S2. The number of aromatic nitrogens is 4. The number of hydrogen-bond donors (Lipinski definition) is 5. The molecule has 0 spiro atoms. The standard InChI is InChI=1S/C70H76ClFN12O16S2/c1-42(2)62(81-58(85)40-96-35-34-95-33-32-94-30-24-77-82-73)66(87)78-44(4)65(86)80-49-19-16-47(57(37-49)102(91)92)38-99-70(90)84-27-25-83(26-28-84)29-31-97-55-21-20-51(43(3)61(55)71)59-60-67(75-41-76-68(60)101-63(59)45-14-17-48(72)18-15-45)100-56(69(88)89)36-46-10-6-8-12-53(46)98-39-50-22-23-74-64(79-50)52-11-7-9-13-54(52)93-5/h6-23,37,41-42,44,56,62H,24-36,38-40H2,1-5H3,(H,78,87)(H,80,86)(H,81,85)(H,88,89)(H,91,92)/t44-,56+,62-/m0/s1. The van der Waals surface area contributed by atoms with Gasteiger partial charge in [-0.3, -0.25) is 19.3 Å². The summed E-state index contributed by atoms with van der Waals surface area (Å²) in [5.74, 6) is -2.07. The Hall–Kier alpha value is -9.95. The Kier molecular flexibility index (Phi) is 28.1. The van der Waals surface area contributed by atoms with Crippen LogP contribution in [0.2, 0.25) is 5.02 Å². The summed E-state index contributed by atoms with van der Waals surface area (Å²) in [7, 11) is 1.57. The van der Waals surface area contributed by atoms with Crippen LogP contribution in [-0.4, -0.2) is 184 Å². The summed E-state index contributed by atoms with van der Waals surface area (Å²) in [5, 5.41) is 22.7. The number of benzene rings is 5. The highest BCUT2D eigenvalue weighted by molar-refractivity contribution is 7.79. The summed E-state index contributed by atoms with van der Waals surface area (Å²) in [6.07, 6.45) is 0.688. The van der Waals surface area contributed by atoms with Crippen molar-refractivity contribution in [3.8, 4) is 56.1 Å². The van der Waals surface area contributed by atoms with E-state index in [1.807, 2.05) is 37.3 Å². The first-order valence-electron chi connectivity index (χ1n) is 32.3. The molecule has 3 aromatic heterocycles. The van der Waals surface area contributed by atoms with E-state index in [4.69, 9.17) is 60.0 Å². The van der Waals surface area contributed by atoms with E-state index in [2.05, 4.69) is 45.8 Å². The van der Waals surface area contributed by atoms with E-state index < -0.39 is 64.9 Å². The highest BCUT2D eigenvalue weighted by Gasteiger charge is 2.31. The van der Waals surface area contributed by atoms with Gasteiger partial charge in [0.2, 0.25) is 29.7 Å². The number of thiophene rings is 1. The Bertz CT molecular complexity index is 4320. The number of aliphatic carboxylic acids is 1. The third-order valence-corrected chi connectivity index (χ3v) is 18.5. The Labute approximate surface area is 598 Å². The van der Waals surface area contributed by atoms with Crippen LogP contribution >= 0.6 is 22.9 Å². The van der Waals surface area contributed by atoms with Crippen LogP contribution in [0.3, 0.4) is 0 Å². The summed E-state index contributed by atoms with van der Waals surface area (Å²) < 4.78 is 83.4. The molecule has 4 heterocycles. The second-order valence-electron chi connectivity index (χ2n) is 23.4. The van der Waals surface area contributed by atoms with Crippen LogP contribution < -0.4 is 34.9 Å². The highest BCUT2D eigenvalue weighted by atomic mass is 35.5. The summed E-state index contributed by atoms with van der Waals surface area (Å²) >= 11 is 5.90. The lowest BCUT2D eigenvalue weighted by Gasteiger charge is -2.34. The van der Waals surface area contributed by atoms with Crippen molar-refractivity contribution in [1.29, 1.82) is 0 Å². The number of halogens is 2. The minimum atomic E-state index is -2.57. The van der Waals surface area contributed by atoms with Crippen LogP contribution in [0.25, 0.3) is 53.6 Å². The molecular weight excluding hydrogens is 1380 g/mol. The summed E-state index contributed by atoms with van der Waals surface area (Å²) in [6.45, 7) is 9.56. The number of anilines is 1. The van der Waals surface area contributed by atoms with Gasteiger partial charge in [0, 0.05) is 78.5 Å². The van der Waals surface area contributed by atoms with Gasteiger partial charge in [-0.15, -0.1) is 11.3 Å². The van der Waals surface area contributed by atoms with E-state index in [0.29, 0.717) is 115 Å². The van der Waals surface area contributed by atoms with E-state index in [9.17, 15) is 42.2 Å². The maximum atomic E-state index is 14.5. The van der Waals surface area contributed by atoms with Gasteiger partial charge in [-0.1, -0.05) is 85.2 Å².